The molecule has 0 nitrogen and oxygen atoms in total. The van der Waals surface area contributed by atoms with Gasteiger partial charge in [-0.25, -0.2) is 0 Å². The number of unbranched alkanes of at least 4 members (excludes halogenated alkanes) is 16. The Balaban J connectivity index is 2.72. The Morgan fingerprint density at radius 3 is 0.941 bits per heavy atom. The second kappa shape index (κ2) is 23.4. The minimum absolute atomic E-state index is 1.06. The number of hydrogen-bond donors (Lipinski definition) is 0. The molecule has 0 radical (unpaired) electrons. The highest BCUT2D eigenvalue weighted by atomic mass is 14.4. The van der Waals surface area contributed by atoms with Gasteiger partial charge in [0.25, 0.3) is 0 Å². The summed E-state index contributed by atoms with van der Waals surface area (Å²) in [5, 5.41) is 0. The van der Waals surface area contributed by atoms with Crippen LogP contribution in [-0.4, -0.2) is 0 Å². The molecule has 0 spiro atoms. The van der Waals surface area contributed by atoms with Crippen molar-refractivity contribution in [2.45, 2.75) is 195 Å². The van der Waals surface area contributed by atoms with Crippen molar-refractivity contribution in [3.8, 4) is 0 Å². The fraction of sp³-hybridized carbons (Fsp3) is 1.00. The van der Waals surface area contributed by atoms with Crippen molar-refractivity contribution in [3.63, 3.8) is 0 Å². The molecule has 34 heavy (non-hydrogen) atoms. The molecule has 1 aliphatic carbocycles. The van der Waals surface area contributed by atoms with Crippen molar-refractivity contribution in [3.05, 3.63) is 0 Å². The molecule has 1 rings (SSSR count). The summed E-state index contributed by atoms with van der Waals surface area (Å²) in [5.74, 6) is 4.25. The Hall–Kier alpha value is 0. The van der Waals surface area contributed by atoms with Crippen LogP contribution in [-0.2, 0) is 0 Å². The molecule has 0 heteroatoms. The first-order valence-electron chi connectivity index (χ1n) is 16.8. The molecule has 0 bridgehead atoms. The minimum Gasteiger partial charge on any atom is -0.0654 e. The Morgan fingerprint density at radius 2 is 0.588 bits per heavy atom. The normalized spacial score (nSPS) is 22.9. The van der Waals surface area contributed by atoms with Gasteiger partial charge in [-0.05, 0) is 49.4 Å². The third-order valence-electron chi connectivity index (χ3n) is 9.31. The lowest BCUT2D eigenvalue weighted by Crippen LogP contribution is -2.35. The minimum atomic E-state index is 1.06. The molecular weight excluding hydrogens is 408 g/mol. The van der Waals surface area contributed by atoms with Gasteiger partial charge in [-0.1, -0.05) is 169 Å². The van der Waals surface area contributed by atoms with Gasteiger partial charge in [0.2, 0.25) is 0 Å². The van der Waals surface area contributed by atoms with Crippen molar-refractivity contribution >= 4 is 0 Å². The van der Waals surface area contributed by atoms with Crippen LogP contribution in [0.1, 0.15) is 195 Å². The second-order valence-electron chi connectivity index (χ2n) is 12.2. The zero-order valence-corrected chi connectivity index (χ0v) is 24.7. The molecule has 0 aromatic carbocycles. The summed E-state index contributed by atoms with van der Waals surface area (Å²) in [6, 6.07) is 0. The standard InChI is InChI=1S/C34H68/c1-5-9-13-17-20-24-28-34-31(25-21-16-12-8-4)29-30-32(26-22-18-14-10-6-2)33(34)27-23-19-15-11-7-3/h31-34H,5-30H2,1-4H3. The smallest absolute Gasteiger partial charge is 0.0355 e. The summed E-state index contributed by atoms with van der Waals surface area (Å²) < 4.78 is 0. The van der Waals surface area contributed by atoms with Crippen molar-refractivity contribution in [1.29, 1.82) is 0 Å². The third-order valence-corrected chi connectivity index (χ3v) is 9.31. The fourth-order valence-electron chi connectivity index (χ4n) is 7.16. The van der Waals surface area contributed by atoms with Crippen LogP contribution in [0, 0.1) is 23.7 Å². The van der Waals surface area contributed by atoms with Crippen LogP contribution in [0.4, 0.5) is 0 Å². The van der Waals surface area contributed by atoms with E-state index in [1.807, 2.05) is 0 Å². The van der Waals surface area contributed by atoms with Gasteiger partial charge in [0, 0.05) is 0 Å². The van der Waals surface area contributed by atoms with Gasteiger partial charge in [-0.3, -0.25) is 0 Å². The highest BCUT2D eigenvalue weighted by molar-refractivity contribution is 4.88. The average Bonchev–Trinajstić information content (AvgIpc) is 2.85. The van der Waals surface area contributed by atoms with E-state index < -0.39 is 0 Å². The Kier molecular flexibility index (Phi) is 22.0. The van der Waals surface area contributed by atoms with Crippen molar-refractivity contribution in [2.24, 2.45) is 23.7 Å². The predicted molar refractivity (Wildman–Crippen MR) is 157 cm³/mol. The van der Waals surface area contributed by atoms with E-state index in [0.717, 1.165) is 23.7 Å². The van der Waals surface area contributed by atoms with Crippen molar-refractivity contribution in [1.82, 2.24) is 0 Å². The van der Waals surface area contributed by atoms with Gasteiger partial charge in [-0.15, -0.1) is 0 Å². The highest BCUT2D eigenvalue weighted by Crippen LogP contribution is 2.47. The Bertz CT molecular complexity index is 399. The van der Waals surface area contributed by atoms with E-state index >= 15 is 0 Å². The summed E-state index contributed by atoms with van der Waals surface area (Å²) in [5.41, 5.74) is 0. The molecule has 0 aromatic rings. The molecule has 0 saturated heterocycles. The van der Waals surface area contributed by atoms with E-state index in [2.05, 4.69) is 27.7 Å². The summed E-state index contributed by atoms with van der Waals surface area (Å²) in [6.07, 6.45) is 38.7. The van der Waals surface area contributed by atoms with E-state index in [-0.39, 0.29) is 0 Å². The molecule has 1 aliphatic rings. The molecule has 0 aliphatic heterocycles. The maximum Gasteiger partial charge on any atom is -0.0355 e. The van der Waals surface area contributed by atoms with Crippen LogP contribution in [0.25, 0.3) is 0 Å². The maximum atomic E-state index is 2.36. The lowest BCUT2D eigenvalue weighted by Gasteiger charge is -2.44. The van der Waals surface area contributed by atoms with Crippen molar-refractivity contribution < 1.29 is 0 Å². The van der Waals surface area contributed by atoms with E-state index in [0.29, 0.717) is 0 Å². The van der Waals surface area contributed by atoms with Crippen LogP contribution < -0.4 is 0 Å². The first-order chi connectivity index (χ1) is 16.8. The molecular formula is C34H68. The molecule has 4 atom stereocenters. The number of rotatable bonds is 24. The van der Waals surface area contributed by atoms with Crippen molar-refractivity contribution in [2.75, 3.05) is 0 Å². The molecule has 1 fully saturated rings. The van der Waals surface area contributed by atoms with Crippen LogP contribution in [0.15, 0.2) is 0 Å². The topological polar surface area (TPSA) is 0 Å². The van der Waals surface area contributed by atoms with Crippen LogP contribution >= 0.6 is 0 Å². The lowest BCUT2D eigenvalue weighted by atomic mass is 9.61. The Morgan fingerprint density at radius 1 is 0.324 bits per heavy atom. The molecule has 4 unspecified atom stereocenters. The number of hydrogen-bond acceptors (Lipinski definition) is 0. The van der Waals surface area contributed by atoms with Gasteiger partial charge in [0.1, 0.15) is 0 Å². The van der Waals surface area contributed by atoms with E-state index in [4.69, 9.17) is 0 Å². The molecule has 0 N–H and O–H groups in total. The quantitative estimate of drug-likeness (QED) is 0.121. The van der Waals surface area contributed by atoms with E-state index in [9.17, 15) is 0 Å². The largest absolute Gasteiger partial charge is 0.0654 e. The Labute approximate surface area is 218 Å². The summed E-state index contributed by atoms with van der Waals surface area (Å²) in [7, 11) is 0. The fourth-order valence-corrected chi connectivity index (χ4v) is 7.16. The molecule has 0 amide bonds. The van der Waals surface area contributed by atoms with Gasteiger partial charge < -0.3 is 0 Å². The summed E-state index contributed by atoms with van der Waals surface area (Å²) in [6.45, 7) is 9.42. The van der Waals surface area contributed by atoms with Crippen LogP contribution in [0.3, 0.4) is 0 Å². The first-order valence-corrected chi connectivity index (χ1v) is 16.8. The summed E-state index contributed by atoms with van der Waals surface area (Å²) in [4.78, 5) is 0. The first kappa shape index (κ1) is 32.0. The summed E-state index contributed by atoms with van der Waals surface area (Å²) >= 11 is 0. The molecule has 204 valence electrons. The van der Waals surface area contributed by atoms with Crippen LogP contribution in [0.2, 0.25) is 0 Å². The predicted octanol–water partition coefficient (Wildman–Crippen LogP) is 12.7. The third kappa shape index (κ3) is 15.2. The molecule has 0 aromatic heterocycles. The maximum absolute atomic E-state index is 2.36. The average molecular weight is 477 g/mol. The molecule has 1 saturated carbocycles. The molecule has 0 heterocycles. The zero-order valence-electron chi connectivity index (χ0n) is 24.7. The van der Waals surface area contributed by atoms with Gasteiger partial charge >= 0.3 is 0 Å². The lowest BCUT2D eigenvalue weighted by molar-refractivity contribution is 0.0581. The highest BCUT2D eigenvalue weighted by Gasteiger charge is 2.37. The SMILES string of the molecule is CCCCCCCCC1C(CCCCCC)CCC(CCCCCCC)C1CCCCCCC. The second-order valence-corrected chi connectivity index (χ2v) is 12.2. The monoisotopic (exact) mass is 477 g/mol. The van der Waals surface area contributed by atoms with Crippen LogP contribution in [0.5, 0.6) is 0 Å². The van der Waals surface area contributed by atoms with E-state index in [1.54, 1.807) is 38.5 Å². The van der Waals surface area contributed by atoms with E-state index in [1.165, 1.54) is 128 Å². The zero-order chi connectivity index (χ0) is 24.7. The van der Waals surface area contributed by atoms with Gasteiger partial charge in [-0.2, -0.15) is 0 Å². The van der Waals surface area contributed by atoms with Gasteiger partial charge in [0.05, 0.1) is 0 Å². The van der Waals surface area contributed by atoms with Gasteiger partial charge in [0.15, 0.2) is 0 Å².